The van der Waals surface area contributed by atoms with Crippen LogP contribution in [0.4, 0.5) is 4.39 Å². The molecule has 1 unspecified atom stereocenters. The van der Waals surface area contributed by atoms with Crippen molar-refractivity contribution in [1.82, 2.24) is 19.8 Å². The lowest BCUT2D eigenvalue weighted by molar-refractivity contribution is 0.115. The van der Waals surface area contributed by atoms with Crippen LogP contribution < -0.4 is 5.32 Å². The third-order valence-corrected chi connectivity index (χ3v) is 4.99. The zero-order chi connectivity index (χ0) is 17.6. The van der Waals surface area contributed by atoms with Gasteiger partial charge in [-0.3, -0.25) is 4.90 Å². The Kier molecular flexibility index (Phi) is 6.18. The highest BCUT2D eigenvalue weighted by Gasteiger charge is 2.26. The SMILES string of the molecule is COCCC(c1cncn1[C@H](C)c1ccc(F)cc1)N1CCNCC1. The Morgan fingerprint density at radius 2 is 1.96 bits per heavy atom. The van der Waals surface area contributed by atoms with Crippen LogP contribution >= 0.6 is 0 Å². The van der Waals surface area contributed by atoms with Crippen LogP contribution in [0, 0.1) is 5.82 Å². The minimum absolute atomic E-state index is 0.103. The smallest absolute Gasteiger partial charge is 0.123 e. The second-order valence-corrected chi connectivity index (χ2v) is 6.54. The van der Waals surface area contributed by atoms with Crippen molar-refractivity contribution in [2.75, 3.05) is 39.9 Å². The zero-order valence-corrected chi connectivity index (χ0v) is 15.0. The van der Waals surface area contributed by atoms with Crippen LogP contribution in [0.25, 0.3) is 0 Å². The molecule has 1 aromatic heterocycles. The van der Waals surface area contributed by atoms with Crippen LogP contribution in [0.1, 0.15) is 36.7 Å². The number of methoxy groups -OCH3 is 1. The highest BCUT2D eigenvalue weighted by Crippen LogP contribution is 2.29. The van der Waals surface area contributed by atoms with E-state index in [0.29, 0.717) is 6.61 Å². The van der Waals surface area contributed by atoms with Gasteiger partial charge < -0.3 is 14.6 Å². The second kappa shape index (κ2) is 8.56. The molecular formula is C19H27FN4O. The van der Waals surface area contributed by atoms with Gasteiger partial charge in [-0.15, -0.1) is 0 Å². The summed E-state index contributed by atoms with van der Waals surface area (Å²) in [7, 11) is 1.74. The van der Waals surface area contributed by atoms with Crippen LogP contribution in [0.2, 0.25) is 0 Å². The third-order valence-electron chi connectivity index (χ3n) is 4.99. The van der Waals surface area contributed by atoms with E-state index in [-0.39, 0.29) is 17.9 Å². The van der Waals surface area contributed by atoms with E-state index in [1.54, 1.807) is 7.11 Å². The molecule has 3 rings (SSSR count). The summed E-state index contributed by atoms with van der Waals surface area (Å²) < 4.78 is 20.8. The number of aromatic nitrogens is 2. The third kappa shape index (κ3) is 4.26. The maximum atomic E-state index is 13.2. The van der Waals surface area contributed by atoms with Gasteiger partial charge in [0.2, 0.25) is 0 Å². The molecule has 1 N–H and O–H groups in total. The molecule has 1 aliphatic rings. The van der Waals surface area contributed by atoms with Gasteiger partial charge in [-0.2, -0.15) is 0 Å². The second-order valence-electron chi connectivity index (χ2n) is 6.54. The largest absolute Gasteiger partial charge is 0.385 e. The van der Waals surface area contributed by atoms with E-state index in [9.17, 15) is 4.39 Å². The summed E-state index contributed by atoms with van der Waals surface area (Å²) in [5.41, 5.74) is 2.27. The topological polar surface area (TPSA) is 42.3 Å². The van der Waals surface area contributed by atoms with Crippen LogP contribution in [-0.2, 0) is 4.74 Å². The average molecular weight is 346 g/mol. The van der Waals surface area contributed by atoms with E-state index in [0.717, 1.165) is 38.2 Å². The van der Waals surface area contributed by atoms with Gasteiger partial charge in [0.15, 0.2) is 0 Å². The van der Waals surface area contributed by atoms with Crippen molar-refractivity contribution in [1.29, 1.82) is 0 Å². The average Bonchev–Trinajstić information content (AvgIpc) is 3.12. The number of nitrogens with one attached hydrogen (secondary N) is 1. The molecular weight excluding hydrogens is 319 g/mol. The number of ether oxygens (including phenoxy) is 1. The molecule has 0 saturated carbocycles. The fraction of sp³-hybridized carbons (Fsp3) is 0.526. The first-order valence-electron chi connectivity index (χ1n) is 8.91. The van der Waals surface area contributed by atoms with Crippen molar-refractivity contribution in [3.8, 4) is 0 Å². The van der Waals surface area contributed by atoms with E-state index in [1.807, 2.05) is 24.7 Å². The highest BCUT2D eigenvalue weighted by atomic mass is 19.1. The molecule has 2 atom stereocenters. The summed E-state index contributed by atoms with van der Waals surface area (Å²) in [6.07, 6.45) is 4.77. The van der Waals surface area contributed by atoms with Gasteiger partial charge in [0.1, 0.15) is 5.82 Å². The van der Waals surface area contributed by atoms with Gasteiger partial charge in [0.25, 0.3) is 0 Å². The van der Waals surface area contributed by atoms with E-state index >= 15 is 0 Å². The van der Waals surface area contributed by atoms with Crippen molar-refractivity contribution in [3.63, 3.8) is 0 Å². The van der Waals surface area contributed by atoms with E-state index in [4.69, 9.17) is 4.74 Å². The lowest BCUT2D eigenvalue weighted by atomic mass is 10.0. The number of rotatable bonds is 7. The molecule has 2 aromatic rings. The predicted octanol–water partition coefficient (Wildman–Crippen LogP) is 2.61. The van der Waals surface area contributed by atoms with Crippen LogP contribution in [0.5, 0.6) is 0 Å². The summed E-state index contributed by atoms with van der Waals surface area (Å²) in [4.78, 5) is 6.92. The van der Waals surface area contributed by atoms with Crippen molar-refractivity contribution in [2.45, 2.75) is 25.4 Å². The van der Waals surface area contributed by atoms with E-state index in [2.05, 4.69) is 26.7 Å². The minimum atomic E-state index is -0.208. The Morgan fingerprint density at radius 3 is 2.64 bits per heavy atom. The quantitative estimate of drug-likeness (QED) is 0.837. The number of hydrogen-bond acceptors (Lipinski definition) is 4. The first kappa shape index (κ1) is 18.0. The fourth-order valence-electron chi connectivity index (χ4n) is 3.54. The zero-order valence-electron chi connectivity index (χ0n) is 15.0. The Bertz CT molecular complexity index is 652. The monoisotopic (exact) mass is 346 g/mol. The van der Waals surface area contributed by atoms with Gasteiger partial charge in [-0.25, -0.2) is 9.37 Å². The van der Waals surface area contributed by atoms with Crippen LogP contribution in [-0.4, -0.2) is 54.3 Å². The summed E-state index contributed by atoms with van der Waals surface area (Å²) >= 11 is 0. The van der Waals surface area contributed by atoms with Crippen molar-refractivity contribution >= 4 is 0 Å². The predicted molar refractivity (Wildman–Crippen MR) is 96.1 cm³/mol. The number of halogens is 1. The molecule has 5 nitrogen and oxygen atoms in total. The van der Waals surface area contributed by atoms with E-state index < -0.39 is 0 Å². The van der Waals surface area contributed by atoms with Gasteiger partial charge in [0.05, 0.1) is 24.1 Å². The number of imidazole rings is 1. The number of hydrogen-bond donors (Lipinski definition) is 1. The summed E-state index contributed by atoms with van der Waals surface area (Å²) in [6, 6.07) is 7.10. The maximum Gasteiger partial charge on any atom is 0.123 e. The highest BCUT2D eigenvalue weighted by molar-refractivity contribution is 5.22. The number of piperazine rings is 1. The Labute approximate surface area is 148 Å². The molecule has 0 aliphatic carbocycles. The normalized spacial score (nSPS) is 18.2. The van der Waals surface area contributed by atoms with Gasteiger partial charge in [0, 0.05) is 46.1 Å². The Morgan fingerprint density at radius 1 is 1.24 bits per heavy atom. The lowest BCUT2D eigenvalue weighted by Gasteiger charge is -2.36. The molecule has 6 heteroatoms. The first-order chi connectivity index (χ1) is 12.2. The Hall–Kier alpha value is -1.76. The molecule has 1 fully saturated rings. The van der Waals surface area contributed by atoms with E-state index in [1.165, 1.54) is 17.8 Å². The molecule has 2 heterocycles. The van der Waals surface area contributed by atoms with Crippen molar-refractivity contribution in [2.24, 2.45) is 0 Å². The molecule has 1 aromatic carbocycles. The molecule has 0 radical (unpaired) electrons. The van der Waals surface area contributed by atoms with Crippen molar-refractivity contribution in [3.05, 3.63) is 53.9 Å². The van der Waals surface area contributed by atoms with Crippen LogP contribution in [0.3, 0.4) is 0 Å². The molecule has 0 bridgehead atoms. The molecule has 1 aliphatic heterocycles. The lowest BCUT2D eigenvalue weighted by Crippen LogP contribution is -2.45. The molecule has 25 heavy (non-hydrogen) atoms. The molecule has 136 valence electrons. The van der Waals surface area contributed by atoms with Gasteiger partial charge >= 0.3 is 0 Å². The number of benzene rings is 1. The fourth-order valence-corrected chi connectivity index (χ4v) is 3.54. The summed E-state index contributed by atoms with van der Waals surface area (Å²) in [5.74, 6) is -0.208. The standard InChI is InChI=1S/C19H27FN4O/c1-15(16-3-5-17(20)6-4-16)24-14-22-13-19(24)18(7-12-25-2)23-10-8-21-9-11-23/h3-6,13-15,18,21H,7-12H2,1-2H3/t15-,18?/m1/s1. The Balaban J connectivity index is 1.86. The van der Waals surface area contributed by atoms with Crippen LogP contribution in [0.15, 0.2) is 36.8 Å². The van der Waals surface area contributed by atoms with Gasteiger partial charge in [-0.1, -0.05) is 12.1 Å². The molecule has 0 spiro atoms. The van der Waals surface area contributed by atoms with Gasteiger partial charge in [-0.05, 0) is 31.0 Å². The first-order valence-corrected chi connectivity index (χ1v) is 8.91. The number of nitrogens with zero attached hydrogens (tertiary/aromatic N) is 3. The maximum absolute atomic E-state index is 13.2. The summed E-state index contributed by atoms with van der Waals surface area (Å²) in [6.45, 7) is 6.89. The van der Waals surface area contributed by atoms with Crippen molar-refractivity contribution < 1.29 is 9.13 Å². The minimum Gasteiger partial charge on any atom is -0.385 e. The molecule has 1 saturated heterocycles. The summed E-state index contributed by atoms with van der Waals surface area (Å²) in [5, 5.41) is 3.41. The molecule has 0 amide bonds.